The molecule has 0 N–H and O–H groups in total. The van der Waals surface area contributed by atoms with Crippen molar-refractivity contribution in [2.45, 2.75) is 83.8 Å². The van der Waals surface area contributed by atoms with Crippen molar-refractivity contribution in [1.29, 1.82) is 0 Å². The first-order chi connectivity index (χ1) is 14.1. The molecule has 0 spiro atoms. The van der Waals surface area contributed by atoms with E-state index in [1.807, 2.05) is 0 Å². The van der Waals surface area contributed by atoms with Crippen LogP contribution in [0.5, 0.6) is 0 Å². The quantitative estimate of drug-likeness (QED) is 0.343. The van der Waals surface area contributed by atoms with Crippen LogP contribution < -0.4 is 0 Å². The first-order valence-corrected chi connectivity index (χ1v) is 10.7. The van der Waals surface area contributed by atoms with Crippen molar-refractivity contribution in [3.63, 3.8) is 0 Å². The van der Waals surface area contributed by atoms with Gasteiger partial charge in [-0.3, -0.25) is 4.79 Å². The summed E-state index contributed by atoms with van der Waals surface area (Å²) in [7, 11) is 1.37. The molecule has 0 aromatic heterocycles. The van der Waals surface area contributed by atoms with E-state index < -0.39 is 23.6 Å². The number of rotatable bonds is 7. The van der Waals surface area contributed by atoms with Crippen LogP contribution in [-0.2, 0) is 33.3 Å². The van der Waals surface area contributed by atoms with Gasteiger partial charge in [0, 0.05) is 13.1 Å². The summed E-state index contributed by atoms with van der Waals surface area (Å²) in [6, 6.07) is 0. The first-order valence-electron chi connectivity index (χ1n) is 10.7. The van der Waals surface area contributed by atoms with Crippen LogP contribution >= 0.6 is 0 Å². The number of hydrogen-bond acceptors (Lipinski definition) is 9. The van der Waals surface area contributed by atoms with Crippen LogP contribution in [0.1, 0.15) is 66.2 Å². The Morgan fingerprint density at radius 3 is 2.07 bits per heavy atom. The minimum absolute atomic E-state index is 0.105. The molecule has 0 amide bonds. The Balaban J connectivity index is 2.27. The molecule has 9 heteroatoms. The molecule has 0 aromatic carbocycles. The van der Waals surface area contributed by atoms with Crippen LogP contribution in [0.15, 0.2) is 0 Å². The monoisotopic (exact) mass is 429 g/mol. The van der Waals surface area contributed by atoms with Gasteiger partial charge in [0.2, 0.25) is 0 Å². The van der Waals surface area contributed by atoms with Gasteiger partial charge in [-0.15, -0.1) is 0 Å². The van der Waals surface area contributed by atoms with E-state index in [0.29, 0.717) is 38.8 Å². The molecule has 9 nitrogen and oxygen atoms in total. The van der Waals surface area contributed by atoms with Gasteiger partial charge in [0.15, 0.2) is 0 Å². The Bertz CT molecular complexity index is 603. The summed E-state index contributed by atoms with van der Waals surface area (Å²) in [6.07, 6.45) is 2.52. The maximum Gasteiger partial charge on any atom is 0.512 e. The molecule has 2 aliphatic rings. The van der Waals surface area contributed by atoms with E-state index in [0.717, 1.165) is 12.8 Å². The van der Waals surface area contributed by atoms with Gasteiger partial charge in [-0.05, 0) is 66.2 Å². The number of methoxy groups -OCH3 is 1. The summed E-state index contributed by atoms with van der Waals surface area (Å²) in [5, 5.41) is 0. The van der Waals surface area contributed by atoms with Crippen LogP contribution in [0, 0.1) is 5.92 Å². The molecular formula is C21H35NO8. The van der Waals surface area contributed by atoms with Crippen LogP contribution in [0.3, 0.4) is 0 Å². The Hall–Kier alpha value is -1.87. The minimum Gasteiger partial charge on any atom is -0.469 e. The summed E-state index contributed by atoms with van der Waals surface area (Å²) < 4.78 is 27.2. The zero-order chi connectivity index (χ0) is 22.4. The summed E-state index contributed by atoms with van der Waals surface area (Å²) in [5.74, 6) is -3.23. The first kappa shape index (κ1) is 24.4. The molecular weight excluding hydrogens is 394 g/mol. The minimum atomic E-state index is -2.02. The number of carbonyl (C=O) groups is 3. The van der Waals surface area contributed by atoms with Gasteiger partial charge >= 0.3 is 24.0 Å². The van der Waals surface area contributed by atoms with E-state index >= 15 is 0 Å². The molecule has 1 heterocycles. The molecule has 1 aliphatic heterocycles. The van der Waals surface area contributed by atoms with Crippen LogP contribution in [-0.4, -0.2) is 67.4 Å². The number of hydrogen-bond donors (Lipinski definition) is 0. The van der Waals surface area contributed by atoms with Crippen molar-refractivity contribution in [3.05, 3.63) is 0 Å². The number of nitrogens with zero attached hydrogens (tertiary/aromatic N) is 1. The Morgan fingerprint density at radius 1 is 0.967 bits per heavy atom. The average Bonchev–Trinajstić information content (AvgIpc) is 3.21. The third-order valence-electron chi connectivity index (χ3n) is 5.20. The second kappa shape index (κ2) is 10.4. The fraction of sp³-hybridized carbons (Fsp3) is 0.857. The number of carbonyl (C=O) groups excluding carboxylic acids is 3. The molecule has 172 valence electrons. The second-order valence-corrected chi connectivity index (χ2v) is 8.68. The normalized spacial score (nSPS) is 24.6. The maximum absolute atomic E-state index is 13.3. The van der Waals surface area contributed by atoms with E-state index in [-0.39, 0.29) is 24.6 Å². The topological polar surface area (TPSA) is 101 Å². The molecule has 2 rings (SSSR count). The highest BCUT2D eigenvalue weighted by atomic mass is 16.8. The molecule has 1 unspecified atom stereocenters. The summed E-state index contributed by atoms with van der Waals surface area (Å²) >= 11 is 0. The van der Waals surface area contributed by atoms with E-state index in [1.165, 1.54) is 7.11 Å². The summed E-state index contributed by atoms with van der Waals surface area (Å²) in [5.41, 5.74) is -0.800. The van der Waals surface area contributed by atoms with Crippen molar-refractivity contribution in [1.82, 2.24) is 4.90 Å². The van der Waals surface area contributed by atoms with Crippen molar-refractivity contribution >= 4 is 18.1 Å². The molecule has 1 saturated carbocycles. The van der Waals surface area contributed by atoms with Crippen LogP contribution in [0.2, 0.25) is 0 Å². The molecule has 1 aliphatic carbocycles. The lowest BCUT2D eigenvalue weighted by atomic mass is 9.87. The Labute approximate surface area is 178 Å². The standard InChI is InChI=1S/C21H35NO8/c1-6-27-19(25)30-21(22-13-7-8-14-22,18(24)29-20(2,3)4)28-16-11-9-15(10-12-16)17(23)26-5/h15-16H,6-14H2,1-5H3/t15-,16-,21?. The molecule has 0 aromatic rings. The molecule has 30 heavy (non-hydrogen) atoms. The fourth-order valence-electron chi connectivity index (χ4n) is 3.81. The highest BCUT2D eigenvalue weighted by Crippen LogP contribution is 2.35. The van der Waals surface area contributed by atoms with Crippen molar-refractivity contribution in [2.24, 2.45) is 5.92 Å². The third kappa shape index (κ3) is 6.31. The van der Waals surface area contributed by atoms with E-state index in [9.17, 15) is 14.4 Å². The van der Waals surface area contributed by atoms with Gasteiger partial charge in [-0.2, -0.15) is 0 Å². The second-order valence-electron chi connectivity index (χ2n) is 8.68. The summed E-state index contributed by atoms with van der Waals surface area (Å²) in [4.78, 5) is 39.1. The van der Waals surface area contributed by atoms with Crippen molar-refractivity contribution in [2.75, 3.05) is 26.8 Å². The van der Waals surface area contributed by atoms with Crippen molar-refractivity contribution < 1.29 is 38.1 Å². The molecule has 0 bridgehead atoms. The lowest BCUT2D eigenvalue weighted by molar-refractivity contribution is -0.310. The van der Waals surface area contributed by atoms with Gasteiger partial charge in [-0.1, -0.05) is 0 Å². The van der Waals surface area contributed by atoms with Crippen molar-refractivity contribution in [3.8, 4) is 0 Å². The van der Waals surface area contributed by atoms with Gasteiger partial charge in [0.05, 0.1) is 25.7 Å². The zero-order valence-electron chi connectivity index (χ0n) is 18.7. The zero-order valence-corrected chi connectivity index (χ0v) is 18.7. The summed E-state index contributed by atoms with van der Waals surface area (Å²) in [6.45, 7) is 8.03. The highest BCUT2D eigenvalue weighted by molar-refractivity contribution is 5.80. The third-order valence-corrected chi connectivity index (χ3v) is 5.20. The number of ether oxygens (including phenoxy) is 5. The molecule has 2 fully saturated rings. The van der Waals surface area contributed by atoms with Gasteiger partial charge in [-0.25, -0.2) is 14.5 Å². The van der Waals surface area contributed by atoms with E-state index in [1.54, 1.807) is 32.6 Å². The van der Waals surface area contributed by atoms with Gasteiger partial charge in [0.25, 0.3) is 0 Å². The average molecular weight is 430 g/mol. The lowest BCUT2D eigenvalue weighted by Crippen LogP contribution is -2.61. The Morgan fingerprint density at radius 2 is 1.57 bits per heavy atom. The predicted octanol–water partition coefficient (Wildman–Crippen LogP) is 3.00. The highest BCUT2D eigenvalue weighted by Gasteiger charge is 2.55. The largest absolute Gasteiger partial charge is 0.512 e. The van der Waals surface area contributed by atoms with E-state index in [4.69, 9.17) is 23.7 Å². The lowest BCUT2D eigenvalue weighted by Gasteiger charge is -2.41. The number of esters is 2. The van der Waals surface area contributed by atoms with Crippen LogP contribution in [0.4, 0.5) is 4.79 Å². The number of likely N-dealkylation sites (tertiary alicyclic amines) is 1. The molecule has 0 radical (unpaired) electrons. The van der Waals surface area contributed by atoms with E-state index in [2.05, 4.69) is 0 Å². The smallest absolute Gasteiger partial charge is 0.469 e. The predicted molar refractivity (Wildman–Crippen MR) is 106 cm³/mol. The van der Waals surface area contributed by atoms with Gasteiger partial charge in [0.1, 0.15) is 5.60 Å². The molecule has 1 saturated heterocycles. The maximum atomic E-state index is 13.3. The van der Waals surface area contributed by atoms with Gasteiger partial charge < -0.3 is 23.7 Å². The van der Waals surface area contributed by atoms with Crippen LogP contribution in [0.25, 0.3) is 0 Å². The SMILES string of the molecule is CCOC(=O)OC(O[C@H]1CC[C@H](C(=O)OC)CC1)(C(=O)OC(C)(C)C)N1CCCC1. The Kier molecular flexibility index (Phi) is 8.49. The molecule has 1 atom stereocenters. The fourth-order valence-corrected chi connectivity index (χ4v) is 3.81.